The second-order valence-electron chi connectivity index (χ2n) is 4.77. The van der Waals surface area contributed by atoms with Crippen molar-refractivity contribution in [3.8, 4) is 6.07 Å². The normalized spacial score (nSPS) is 10.5. The van der Waals surface area contributed by atoms with E-state index in [0.717, 1.165) is 5.56 Å². The fraction of sp³-hybridized carbons (Fsp3) is 0.0588. The lowest BCUT2D eigenvalue weighted by Gasteiger charge is -2.07. The van der Waals surface area contributed by atoms with Crippen molar-refractivity contribution in [3.63, 3.8) is 0 Å². The van der Waals surface area contributed by atoms with E-state index < -0.39 is 11.8 Å². The van der Waals surface area contributed by atoms with Gasteiger partial charge in [0.25, 0.3) is 11.8 Å². The van der Waals surface area contributed by atoms with E-state index in [1.165, 1.54) is 6.20 Å². The number of rotatable bonds is 6. The third kappa shape index (κ3) is 4.42. The molecule has 7 heteroatoms. The first-order valence-corrected chi connectivity index (χ1v) is 7.04. The number of aromatic nitrogens is 1. The minimum absolute atomic E-state index is 0.127. The Bertz CT molecular complexity index is 809. The van der Waals surface area contributed by atoms with Crippen molar-refractivity contribution in [2.24, 2.45) is 5.73 Å². The second kappa shape index (κ2) is 8.10. The van der Waals surface area contributed by atoms with E-state index >= 15 is 0 Å². The van der Waals surface area contributed by atoms with Crippen LogP contribution in [0.15, 0.2) is 60.6 Å². The molecule has 24 heavy (non-hydrogen) atoms. The van der Waals surface area contributed by atoms with Gasteiger partial charge in [-0.15, -0.1) is 0 Å². The van der Waals surface area contributed by atoms with Gasteiger partial charge in [0.05, 0.1) is 11.3 Å². The van der Waals surface area contributed by atoms with Gasteiger partial charge >= 0.3 is 0 Å². The maximum Gasteiger partial charge on any atom is 0.263 e. The van der Waals surface area contributed by atoms with Crippen LogP contribution in [0.4, 0.5) is 5.69 Å². The topological polar surface area (TPSA) is 121 Å². The van der Waals surface area contributed by atoms with Gasteiger partial charge < -0.3 is 16.4 Å². The van der Waals surface area contributed by atoms with Gasteiger partial charge in [-0.3, -0.25) is 14.6 Å². The summed E-state index contributed by atoms with van der Waals surface area (Å²) in [5, 5.41) is 14.5. The van der Waals surface area contributed by atoms with Crippen LogP contribution in [0.5, 0.6) is 0 Å². The van der Waals surface area contributed by atoms with E-state index in [1.54, 1.807) is 42.7 Å². The summed E-state index contributed by atoms with van der Waals surface area (Å²) in [5.41, 5.74) is 6.64. The Morgan fingerprint density at radius 3 is 2.71 bits per heavy atom. The van der Waals surface area contributed by atoms with E-state index in [0.29, 0.717) is 5.69 Å². The van der Waals surface area contributed by atoms with Gasteiger partial charge in [-0.2, -0.15) is 5.26 Å². The molecule has 4 N–H and O–H groups in total. The average Bonchev–Trinajstić information content (AvgIpc) is 2.61. The zero-order valence-corrected chi connectivity index (χ0v) is 12.7. The first-order valence-electron chi connectivity index (χ1n) is 7.04. The first-order chi connectivity index (χ1) is 11.6. The zero-order valence-electron chi connectivity index (χ0n) is 12.7. The summed E-state index contributed by atoms with van der Waals surface area (Å²) < 4.78 is 0. The molecule has 0 fully saturated rings. The standard InChI is InChI=1S/C17H15N5O2/c18-8-13(17(24)22-10-12-4-3-7-20-9-12)11-21-15-6-2-1-5-14(15)16(19)23/h1-7,9,11,21H,10H2,(H2,19,23)(H,22,24)/b13-11-. The number of nitrogens with one attached hydrogen (secondary N) is 2. The number of hydrogen-bond acceptors (Lipinski definition) is 5. The lowest BCUT2D eigenvalue weighted by atomic mass is 10.1. The second-order valence-corrected chi connectivity index (χ2v) is 4.77. The van der Waals surface area contributed by atoms with Crippen molar-refractivity contribution in [2.75, 3.05) is 5.32 Å². The first kappa shape index (κ1) is 16.7. The van der Waals surface area contributed by atoms with Crippen LogP contribution in [0.25, 0.3) is 0 Å². The molecule has 0 saturated carbocycles. The molecule has 2 aromatic rings. The summed E-state index contributed by atoms with van der Waals surface area (Å²) in [7, 11) is 0. The predicted molar refractivity (Wildman–Crippen MR) is 88.4 cm³/mol. The Labute approximate surface area is 138 Å². The average molecular weight is 321 g/mol. The number of benzene rings is 1. The highest BCUT2D eigenvalue weighted by Crippen LogP contribution is 2.14. The lowest BCUT2D eigenvalue weighted by Crippen LogP contribution is -2.24. The van der Waals surface area contributed by atoms with Crippen molar-refractivity contribution in [1.29, 1.82) is 5.26 Å². The molecule has 1 heterocycles. The molecule has 0 unspecified atom stereocenters. The van der Waals surface area contributed by atoms with Gasteiger partial charge in [0.15, 0.2) is 0 Å². The number of pyridine rings is 1. The molecule has 2 rings (SSSR count). The van der Waals surface area contributed by atoms with Gasteiger partial charge in [-0.05, 0) is 23.8 Å². The van der Waals surface area contributed by atoms with Crippen molar-refractivity contribution in [3.05, 3.63) is 71.7 Å². The largest absolute Gasteiger partial charge is 0.366 e. The fourth-order valence-electron chi connectivity index (χ4n) is 1.90. The number of anilines is 1. The number of carbonyl (C=O) groups is 2. The number of para-hydroxylation sites is 1. The van der Waals surface area contributed by atoms with E-state index in [2.05, 4.69) is 15.6 Å². The molecular formula is C17H15N5O2. The Kier molecular flexibility index (Phi) is 5.64. The summed E-state index contributed by atoms with van der Waals surface area (Å²) in [6.45, 7) is 0.254. The number of nitrogens with zero attached hydrogens (tertiary/aromatic N) is 2. The van der Waals surface area contributed by atoms with Crippen LogP contribution < -0.4 is 16.4 Å². The molecule has 2 amide bonds. The molecule has 0 aliphatic heterocycles. The molecule has 0 aliphatic carbocycles. The fourth-order valence-corrected chi connectivity index (χ4v) is 1.90. The van der Waals surface area contributed by atoms with Crippen LogP contribution in [-0.4, -0.2) is 16.8 Å². The molecule has 120 valence electrons. The summed E-state index contributed by atoms with van der Waals surface area (Å²) in [4.78, 5) is 27.3. The van der Waals surface area contributed by atoms with Crippen molar-refractivity contribution in [2.45, 2.75) is 6.54 Å². The Balaban J connectivity index is 2.05. The van der Waals surface area contributed by atoms with E-state index in [9.17, 15) is 9.59 Å². The van der Waals surface area contributed by atoms with Gasteiger partial charge in [0.1, 0.15) is 11.6 Å². The van der Waals surface area contributed by atoms with Crippen LogP contribution in [0.1, 0.15) is 15.9 Å². The van der Waals surface area contributed by atoms with Crippen LogP contribution in [0.3, 0.4) is 0 Å². The van der Waals surface area contributed by atoms with Crippen LogP contribution in [0.2, 0.25) is 0 Å². The smallest absolute Gasteiger partial charge is 0.263 e. The molecule has 0 atom stereocenters. The Morgan fingerprint density at radius 1 is 1.25 bits per heavy atom. The summed E-state index contributed by atoms with van der Waals surface area (Å²) in [5.74, 6) is -1.14. The highest BCUT2D eigenvalue weighted by atomic mass is 16.2. The molecule has 1 aromatic heterocycles. The molecule has 0 spiro atoms. The van der Waals surface area contributed by atoms with Crippen LogP contribution >= 0.6 is 0 Å². The number of amides is 2. The Morgan fingerprint density at radius 2 is 2.04 bits per heavy atom. The van der Waals surface area contributed by atoms with E-state index in [-0.39, 0.29) is 17.7 Å². The minimum atomic E-state index is -0.606. The third-order valence-electron chi connectivity index (χ3n) is 3.11. The maximum atomic E-state index is 12.0. The van der Waals surface area contributed by atoms with E-state index in [1.807, 2.05) is 12.1 Å². The van der Waals surface area contributed by atoms with Gasteiger partial charge in [-0.25, -0.2) is 0 Å². The number of nitriles is 1. The number of carbonyl (C=O) groups excluding carboxylic acids is 2. The molecule has 0 radical (unpaired) electrons. The molecule has 0 saturated heterocycles. The van der Waals surface area contributed by atoms with Crippen LogP contribution in [0, 0.1) is 11.3 Å². The van der Waals surface area contributed by atoms with Gasteiger partial charge in [-0.1, -0.05) is 18.2 Å². The van der Waals surface area contributed by atoms with Crippen molar-refractivity contribution < 1.29 is 9.59 Å². The maximum absolute atomic E-state index is 12.0. The highest BCUT2D eigenvalue weighted by molar-refractivity contribution is 6.00. The monoisotopic (exact) mass is 321 g/mol. The highest BCUT2D eigenvalue weighted by Gasteiger charge is 2.10. The summed E-state index contributed by atoms with van der Waals surface area (Å²) in [6.07, 6.45) is 4.49. The minimum Gasteiger partial charge on any atom is -0.366 e. The quantitative estimate of drug-likeness (QED) is 0.547. The number of nitrogens with two attached hydrogens (primary N) is 1. The predicted octanol–water partition coefficient (Wildman–Crippen LogP) is 1.32. The molecular weight excluding hydrogens is 306 g/mol. The Hall–Kier alpha value is -3.66. The lowest BCUT2D eigenvalue weighted by molar-refractivity contribution is -0.117. The SMILES string of the molecule is N#C/C(=C/Nc1ccccc1C(N)=O)C(=O)NCc1cccnc1. The van der Waals surface area contributed by atoms with Crippen molar-refractivity contribution in [1.82, 2.24) is 10.3 Å². The third-order valence-corrected chi connectivity index (χ3v) is 3.11. The van der Waals surface area contributed by atoms with E-state index in [4.69, 9.17) is 11.0 Å². The van der Waals surface area contributed by atoms with Crippen LogP contribution in [-0.2, 0) is 11.3 Å². The zero-order chi connectivity index (χ0) is 17.4. The molecule has 0 bridgehead atoms. The molecule has 7 nitrogen and oxygen atoms in total. The van der Waals surface area contributed by atoms with Gasteiger partial charge in [0, 0.05) is 25.1 Å². The summed E-state index contributed by atoms with van der Waals surface area (Å²) in [6, 6.07) is 11.9. The molecule has 1 aromatic carbocycles. The van der Waals surface area contributed by atoms with Crippen molar-refractivity contribution >= 4 is 17.5 Å². The summed E-state index contributed by atoms with van der Waals surface area (Å²) >= 11 is 0. The number of hydrogen-bond donors (Lipinski definition) is 3. The molecule has 0 aliphatic rings. The number of primary amides is 1. The van der Waals surface area contributed by atoms with Gasteiger partial charge in [0.2, 0.25) is 0 Å².